The van der Waals surface area contributed by atoms with Gasteiger partial charge in [0.25, 0.3) is 0 Å². The highest BCUT2D eigenvalue weighted by atomic mass is 32.2. The van der Waals surface area contributed by atoms with Crippen LogP contribution in [0, 0.1) is 6.42 Å². The third-order valence-corrected chi connectivity index (χ3v) is 6.42. The maximum Gasteiger partial charge on any atom is 0.307 e. The van der Waals surface area contributed by atoms with Gasteiger partial charge in [-0.3, -0.25) is 4.79 Å². The molecule has 0 aromatic heterocycles. The Morgan fingerprint density at radius 2 is 1.28 bits per heavy atom. The molecular weight excluding hydrogens is 400 g/mol. The summed E-state index contributed by atoms with van der Waals surface area (Å²) in [7, 11) is 0. The van der Waals surface area contributed by atoms with Crippen molar-refractivity contribution in [2.75, 3.05) is 12.4 Å². The molecule has 0 aliphatic heterocycles. The topological polar surface area (TPSA) is 46.5 Å². The predicted octanol–water partition coefficient (Wildman–Crippen LogP) is 8.35. The van der Waals surface area contributed by atoms with E-state index < -0.39 is 5.97 Å². The third-order valence-electron chi connectivity index (χ3n) is 5.11. The van der Waals surface area contributed by atoms with Gasteiger partial charge < -0.3 is 9.84 Å². The fourth-order valence-electron chi connectivity index (χ4n) is 3.30. The first-order valence-electron chi connectivity index (χ1n) is 12.0. The zero-order valence-electron chi connectivity index (χ0n) is 18.8. The van der Waals surface area contributed by atoms with Gasteiger partial charge in [0, 0.05) is 5.75 Å². The summed E-state index contributed by atoms with van der Waals surface area (Å²) in [4.78, 5) is 10.4. The highest BCUT2D eigenvalue weighted by molar-refractivity contribution is 8.22. The number of hydrogen-bond donors (Lipinski definition) is 1. The van der Waals surface area contributed by atoms with Crippen LogP contribution in [0.4, 0.5) is 0 Å². The van der Waals surface area contributed by atoms with E-state index in [1.165, 1.54) is 96.3 Å². The molecule has 0 rings (SSSR count). The predicted molar refractivity (Wildman–Crippen MR) is 132 cm³/mol. The summed E-state index contributed by atoms with van der Waals surface area (Å²) in [5, 5.41) is 8.53. The number of aliphatic carboxylic acids is 1. The standard InChI is InChI=1S/C24H45O3S2/c1-2-3-4-5-6-7-9-12-15-18-21-27-24(28)29-22-19-16-13-10-8-11-14-17-20-23(25)26/h20H,2-19,21-22H2,1H3,(H,25,26). The minimum absolute atomic E-state index is 0.697. The number of carboxylic acid groups (broad SMARTS) is 1. The number of carboxylic acids is 1. The first-order valence-corrected chi connectivity index (χ1v) is 13.4. The summed E-state index contributed by atoms with van der Waals surface area (Å²) in [6.07, 6.45) is 23.8. The van der Waals surface area contributed by atoms with Gasteiger partial charge in [-0.05, 0) is 31.5 Å². The molecule has 0 spiro atoms. The lowest BCUT2D eigenvalue weighted by molar-refractivity contribution is -0.133. The number of hydrogen-bond acceptors (Lipinski definition) is 4. The molecular formula is C24H45O3S2. The highest BCUT2D eigenvalue weighted by Gasteiger charge is 2.00. The van der Waals surface area contributed by atoms with E-state index in [4.69, 9.17) is 22.1 Å². The molecule has 3 nitrogen and oxygen atoms in total. The smallest absolute Gasteiger partial charge is 0.307 e. The van der Waals surface area contributed by atoms with Gasteiger partial charge in [-0.15, -0.1) is 0 Å². The molecule has 1 N–H and O–H groups in total. The van der Waals surface area contributed by atoms with Gasteiger partial charge in [-0.25, -0.2) is 0 Å². The number of ether oxygens (including phenoxy) is 1. The van der Waals surface area contributed by atoms with Crippen molar-refractivity contribution in [1.82, 2.24) is 0 Å². The second kappa shape index (κ2) is 24.0. The lowest BCUT2D eigenvalue weighted by atomic mass is 10.1. The summed E-state index contributed by atoms with van der Waals surface area (Å²) in [6, 6.07) is 0. The minimum atomic E-state index is -0.798. The van der Waals surface area contributed by atoms with E-state index in [2.05, 4.69) is 6.92 Å². The van der Waals surface area contributed by atoms with Crippen molar-refractivity contribution in [3.63, 3.8) is 0 Å². The third kappa shape index (κ3) is 25.7. The first kappa shape index (κ1) is 28.7. The van der Waals surface area contributed by atoms with E-state index in [-0.39, 0.29) is 0 Å². The second-order valence-corrected chi connectivity index (χ2v) is 9.63. The SMILES string of the molecule is CCCCCCCCCCCCOC(=S)SCCCCCCCCC[CH]C(=O)O. The Morgan fingerprint density at radius 3 is 1.83 bits per heavy atom. The lowest BCUT2D eigenvalue weighted by Crippen LogP contribution is -2.00. The summed E-state index contributed by atoms with van der Waals surface area (Å²) in [5.74, 6) is 0.262. The zero-order chi connectivity index (χ0) is 21.4. The Balaban J connectivity index is 3.16. The zero-order valence-corrected chi connectivity index (χ0v) is 20.4. The molecule has 0 atom stereocenters. The van der Waals surface area contributed by atoms with E-state index in [1.807, 2.05) is 0 Å². The largest absolute Gasteiger partial charge is 0.481 e. The van der Waals surface area contributed by atoms with Gasteiger partial charge in [0.05, 0.1) is 13.0 Å². The van der Waals surface area contributed by atoms with Crippen LogP contribution in [0.5, 0.6) is 0 Å². The molecule has 0 aliphatic rings. The van der Waals surface area contributed by atoms with Crippen LogP contribution in [-0.4, -0.2) is 27.8 Å². The molecule has 0 aliphatic carbocycles. The summed E-state index contributed by atoms with van der Waals surface area (Å²) < 4.78 is 6.38. The molecule has 0 bridgehead atoms. The Kier molecular flexibility index (Phi) is 23.7. The molecule has 0 aromatic carbocycles. The fourth-order valence-corrected chi connectivity index (χ4v) is 4.31. The van der Waals surface area contributed by atoms with E-state index >= 15 is 0 Å². The Labute approximate surface area is 190 Å². The van der Waals surface area contributed by atoms with Crippen molar-refractivity contribution < 1.29 is 14.6 Å². The van der Waals surface area contributed by atoms with E-state index in [0.29, 0.717) is 6.42 Å². The van der Waals surface area contributed by atoms with Gasteiger partial charge in [-0.1, -0.05) is 115 Å². The number of unbranched alkanes of at least 4 members (excludes halogenated alkanes) is 16. The number of rotatable bonds is 22. The van der Waals surface area contributed by atoms with Crippen molar-refractivity contribution in [1.29, 1.82) is 0 Å². The van der Waals surface area contributed by atoms with Gasteiger partial charge in [-0.2, -0.15) is 0 Å². The molecule has 0 unspecified atom stereocenters. The molecule has 0 fully saturated rings. The molecule has 0 amide bonds. The van der Waals surface area contributed by atoms with Crippen molar-refractivity contribution in [2.45, 2.75) is 122 Å². The van der Waals surface area contributed by atoms with Crippen LogP contribution in [0.1, 0.15) is 122 Å². The van der Waals surface area contributed by atoms with Crippen molar-refractivity contribution in [3.05, 3.63) is 6.42 Å². The molecule has 0 heterocycles. The lowest BCUT2D eigenvalue weighted by Gasteiger charge is -2.07. The van der Waals surface area contributed by atoms with Crippen LogP contribution in [-0.2, 0) is 9.53 Å². The monoisotopic (exact) mass is 445 g/mol. The molecule has 5 heteroatoms. The van der Waals surface area contributed by atoms with Gasteiger partial charge in [0.2, 0.25) is 4.38 Å². The van der Waals surface area contributed by atoms with E-state index in [1.54, 1.807) is 11.8 Å². The van der Waals surface area contributed by atoms with E-state index in [0.717, 1.165) is 36.0 Å². The molecule has 0 aromatic rings. The van der Waals surface area contributed by atoms with Gasteiger partial charge >= 0.3 is 5.97 Å². The quantitative estimate of drug-likeness (QED) is 0.134. The average Bonchev–Trinajstić information content (AvgIpc) is 2.70. The molecule has 171 valence electrons. The second-order valence-electron chi connectivity index (χ2n) is 7.93. The fraction of sp³-hybridized carbons (Fsp3) is 0.875. The molecule has 29 heavy (non-hydrogen) atoms. The maximum atomic E-state index is 10.4. The van der Waals surface area contributed by atoms with Crippen LogP contribution in [0.15, 0.2) is 0 Å². The highest BCUT2D eigenvalue weighted by Crippen LogP contribution is 2.14. The van der Waals surface area contributed by atoms with Crippen molar-refractivity contribution in [2.24, 2.45) is 0 Å². The Morgan fingerprint density at radius 1 is 0.793 bits per heavy atom. The van der Waals surface area contributed by atoms with Crippen LogP contribution in [0.3, 0.4) is 0 Å². The minimum Gasteiger partial charge on any atom is -0.481 e. The average molecular weight is 446 g/mol. The van der Waals surface area contributed by atoms with Crippen molar-refractivity contribution >= 4 is 34.3 Å². The van der Waals surface area contributed by atoms with Crippen LogP contribution in [0.25, 0.3) is 0 Å². The molecule has 0 saturated heterocycles. The molecule has 0 saturated carbocycles. The van der Waals surface area contributed by atoms with Gasteiger partial charge in [0.15, 0.2) is 0 Å². The Hall–Kier alpha value is -0.290. The summed E-state index contributed by atoms with van der Waals surface area (Å²) in [6.45, 7) is 3.05. The maximum absolute atomic E-state index is 10.4. The Bertz CT molecular complexity index is 375. The number of thiocarbonyl (C=S) groups is 1. The number of thioether (sulfide) groups is 1. The summed E-state index contributed by atoms with van der Waals surface area (Å²) >= 11 is 6.98. The van der Waals surface area contributed by atoms with Crippen LogP contribution < -0.4 is 0 Å². The van der Waals surface area contributed by atoms with Gasteiger partial charge in [0.1, 0.15) is 0 Å². The summed E-state index contributed by atoms with van der Waals surface area (Å²) in [5.41, 5.74) is 0. The van der Waals surface area contributed by atoms with E-state index in [9.17, 15) is 4.79 Å². The first-order chi connectivity index (χ1) is 14.2. The molecule has 1 radical (unpaired) electrons. The van der Waals surface area contributed by atoms with Crippen molar-refractivity contribution in [3.8, 4) is 0 Å². The van der Waals surface area contributed by atoms with Crippen LogP contribution in [0.2, 0.25) is 0 Å². The van der Waals surface area contributed by atoms with Crippen LogP contribution >= 0.6 is 24.0 Å². The normalized spacial score (nSPS) is 10.9. The number of carbonyl (C=O) groups is 1.